The van der Waals surface area contributed by atoms with Gasteiger partial charge in [-0.2, -0.15) is 8.78 Å². The topological polar surface area (TPSA) is 86.8 Å². The molecule has 36 heavy (non-hydrogen) atoms. The molecule has 0 aliphatic carbocycles. The van der Waals surface area contributed by atoms with Crippen molar-refractivity contribution in [2.45, 2.75) is 36.1 Å². The second-order valence-corrected chi connectivity index (χ2v) is 9.03. The zero-order valence-corrected chi connectivity index (χ0v) is 19.3. The third-order valence-electron chi connectivity index (χ3n) is 6.23. The van der Waals surface area contributed by atoms with Crippen LogP contribution in [0.5, 0.6) is 0 Å². The number of carbonyl (C=O) groups excluding carboxylic acids is 4. The van der Waals surface area contributed by atoms with Gasteiger partial charge in [0, 0.05) is 34.5 Å². The van der Waals surface area contributed by atoms with Crippen molar-refractivity contribution in [1.29, 1.82) is 0 Å². The summed E-state index contributed by atoms with van der Waals surface area (Å²) in [5, 5.41) is 2.29. The standard InChI is InChI=1S/C22H14B4ClF2N3O4/c23-15-8-21(25,20(36)32(26)18(15)34)31-9-11-7-10(1-6-14(11)17(31)33)16(24)30-19(35)22(28,29)12-2-4-13(27)5-3-12/h1-7,15-16H,8-9H2,(H,30,35). The molecular weight excluding hydrogens is 487 g/mol. The van der Waals surface area contributed by atoms with Gasteiger partial charge in [-0.05, 0) is 35.7 Å². The Morgan fingerprint density at radius 2 is 1.81 bits per heavy atom. The molecule has 1 N–H and O–H groups in total. The Balaban J connectivity index is 1.53. The number of fused-ring (bicyclic) bond motifs is 1. The summed E-state index contributed by atoms with van der Waals surface area (Å²) < 4.78 is 29.2. The van der Waals surface area contributed by atoms with Crippen LogP contribution in [0.15, 0.2) is 42.5 Å². The molecule has 0 aromatic heterocycles. The predicted octanol–water partition coefficient (Wildman–Crippen LogP) is 1.04. The molecule has 2 aliphatic heterocycles. The summed E-state index contributed by atoms with van der Waals surface area (Å²) in [7, 11) is 23.5. The van der Waals surface area contributed by atoms with E-state index in [4.69, 9.17) is 43.1 Å². The van der Waals surface area contributed by atoms with E-state index in [0.717, 1.165) is 17.0 Å². The van der Waals surface area contributed by atoms with E-state index in [9.17, 15) is 28.0 Å². The lowest BCUT2D eigenvalue weighted by molar-refractivity contribution is -0.148. The minimum atomic E-state index is -3.89. The lowest BCUT2D eigenvalue weighted by Crippen LogP contribution is -2.65. The van der Waals surface area contributed by atoms with E-state index in [1.54, 1.807) is 0 Å². The second-order valence-electron chi connectivity index (χ2n) is 8.59. The highest BCUT2D eigenvalue weighted by Crippen LogP contribution is 2.38. The van der Waals surface area contributed by atoms with Gasteiger partial charge in [0.25, 0.3) is 11.8 Å². The van der Waals surface area contributed by atoms with E-state index in [1.807, 2.05) is 0 Å². The van der Waals surface area contributed by atoms with Gasteiger partial charge in [0.05, 0.1) is 13.3 Å². The first-order valence-electron chi connectivity index (χ1n) is 10.6. The Bertz CT molecular complexity index is 1280. The molecule has 4 amide bonds. The lowest BCUT2D eigenvalue weighted by Gasteiger charge is -2.46. The summed E-state index contributed by atoms with van der Waals surface area (Å²) in [6, 6.07) is 8.70. The molecule has 1 fully saturated rings. The van der Waals surface area contributed by atoms with E-state index >= 15 is 0 Å². The molecular formula is C22H14B4ClF2N3O4. The molecule has 7 nitrogen and oxygen atoms in total. The van der Waals surface area contributed by atoms with E-state index in [-0.39, 0.29) is 29.1 Å². The highest BCUT2D eigenvalue weighted by molar-refractivity contribution is 6.42. The van der Waals surface area contributed by atoms with E-state index in [2.05, 4.69) is 5.32 Å². The molecule has 3 unspecified atom stereocenters. The van der Waals surface area contributed by atoms with Crippen molar-refractivity contribution in [3.63, 3.8) is 0 Å². The molecule has 174 valence electrons. The molecule has 0 spiro atoms. The summed E-state index contributed by atoms with van der Waals surface area (Å²) in [5.41, 5.74) is -1.77. The SMILES string of the molecule is [B]C1CC([B])(N2Cc3cc(C([B])NC(=O)C(F)(F)c4ccc(Cl)cc4)ccc3C2=O)C(=O)N([B])C1=O. The molecule has 8 radical (unpaired) electrons. The molecule has 0 bridgehead atoms. The molecule has 2 aliphatic rings. The maximum atomic E-state index is 14.6. The Morgan fingerprint density at radius 3 is 2.44 bits per heavy atom. The van der Waals surface area contributed by atoms with E-state index in [1.165, 1.54) is 30.3 Å². The number of alkyl halides is 2. The fourth-order valence-electron chi connectivity index (χ4n) is 4.18. The maximum absolute atomic E-state index is 14.6. The number of hydrogen-bond donors (Lipinski definition) is 1. The zero-order chi connectivity index (χ0) is 26.6. The zero-order valence-electron chi connectivity index (χ0n) is 18.6. The number of rotatable bonds is 5. The Morgan fingerprint density at radius 1 is 1.17 bits per heavy atom. The van der Waals surface area contributed by atoms with Crippen LogP contribution in [0.2, 0.25) is 10.8 Å². The molecule has 4 rings (SSSR count). The van der Waals surface area contributed by atoms with E-state index in [0.29, 0.717) is 10.4 Å². The van der Waals surface area contributed by atoms with Crippen molar-refractivity contribution < 1.29 is 28.0 Å². The van der Waals surface area contributed by atoms with Crippen LogP contribution in [-0.2, 0) is 26.9 Å². The van der Waals surface area contributed by atoms with Crippen molar-refractivity contribution >= 4 is 66.7 Å². The number of carbonyl (C=O) groups is 4. The van der Waals surface area contributed by atoms with Crippen LogP contribution in [-0.4, -0.2) is 70.3 Å². The van der Waals surface area contributed by atoms with Crippen molar-refractivity contribution in [1.82, 2.24) is 15.0 Å². The number of halogens is 3. The van der Waals surface area contributed by atoms with Gasteiger partial charge in [0.15, 0.2) is 0 Å². The monoisotopic (exact) mass is 501 g/mol. The smallest absolute Gasteiger partial charge is 0.349 e. The Labute approximate surface area is 215 Å². The fraction of sp³-hybridized carbons (Fsp3) is 0.273. The number of nitrogens with one attached hydrogen (secondary N) is 1. The van der Waals surface area contributed by atoms with E-state index < -0.39 is 52.3 Å². The van der Waals surface area contributed by atoms with Gasteiger partial charge in [-0.15, -0.1) is 0 Å². The average molecular weight is 501 g/mol. The molecule has 14 heteroatoms. The van der Waals surface area contributed by atoms with Crippen LogP contribution >= 0.6 is 11.6 Å². The van der Waals surface area contributed by atoms with Crippen LogP contribution in [0.25, 0.3) is 0 Å². The molecule has 2 aromatic rings. The number of hydrogen-bond acceptors (Lipinski definition) is 4. The number of imide groups is 1. The number of amides is 4. The van der Waals surface area contributed by atoms with Crippen molar-refractivity contribution in [2.24, 2.45) is 0 Å². The summed E-state index contributed by atoms with van der Waals surface area (Å²) in [5.74, 6) is -10.5. The van der Waals surface area contributed by atoms with Gasteiger partial charge < -0.3 is 15.0 Å². The first-order chi connectivity index (χ1) is 16.8. The van der Waals surface area contributed by atoms with Crippen LogP contribution < -0.4 is 5.32 Å². The van der Waals surface area contributed by atoms with Crippen LogP contribution in [0.1, 0.15) is 39.4 Å². The normalized spacial score (nSPS) is 23.0. The highest BCUT2D eigenvalue weighted by atomic mass is 35.5. The largest absolute Gasteiger partial charge is 0.352 e. The van der Waals surface area contributed by atoms with Crippen molar-refractivity contribution in [2.75, 3.05) is 0 Å². The molecule has 2 heterocycles. The average Bonchev–Trinajstić information content (AvgIpc) is 3.18. The Kier molecular flexibility index (Phi) is 6.58. The third-order valence-corrected chi connectivity index (χ3v) is 6.48. The first-order valence-corrected chi connectivity index (χ1v) is 11.0. The van der Waals surface area contributed by atoms with Gasteiger partial charge in [-0.1, -0.05) is 35.9 Å². The first kappa shape index (κ1) is 26.0. The van der Waals surface area contributed by atoms with Crippen molar-refractivity contribution in [3.05, 3.63) is 69.7 Å². The summed E-state index contributed by atoms with van der Waals surface area (Å²) >= 11 is 5.71. The van der Waals surface area contributed by atoms with Gasteiger partial charge in [-0.25, -0.2) is 0 Å². The van der Waals surface area contributed by atoms with Crippen LogP contribution in [0.3, 0.4) is 0 Å². The summed E-state index contributed by atoms with van der Waals surface area (Å²) in [6.45, 7) is -0.166. The second kappa shape index (κ2) is 9.10. The van der Waals surface area contributed by atoms with Crippen LogP contribution in [0.4, 0.5) is 8.78 Å². The van der Waals surface area contributed by atoms with Crippen molar-refractivity contribution in [3.8, 4) is 0 Å². The number of benzene rings is 2. The Hall–Kier alpha value is -3.07. The highest BCUT2D eigenvalue weighted by Gasteiger charge is 2.51. The molecule has 2 aromatic carbocycles. The molecule has 3 atom stereocenters. The summed E-state index contributed by atoms with van der Waals surface area (Å²) in [4.78, 5) is 51.2. The molecule has 1 saturated heterocycles. The minimum Gasteiger partial charge on any atom is -0.352 e. The fourth-order valence-corrected chi connectivity index (χ4v) is 4.31. The predicted molar refractivity (Wildman–Crippen MR) is 129 cm³/mol. The third kappa shape index (κ3) is 4.23. The van der Waals surface area contributed by atoms with Gasteiger partial charge in [-0.3, -0.25) is 19.2 Å². The summed E-state index contributed by atoms with van der Waals surface area (Å²) in [6.07, 6.45) is -0.347. The van der Waals surface area contributed by atoms with Gasteiger partial charge in [0.1, 0.15) is 15.7 Å². The quantitative estimate of drug-likeness (QED) is 0.491. The lowest BCUT2D eigenvalue weighted by atomic mass is 9.61. The minimum absolute atomic E-state index is 0.166. The van der Waals surface area contributed by atoms with Crippen LogP contribution in [0, 0.1) is 0 Å². The molecule has 0 saturated carbocycles. The number of nitrogens with zero attached hydrogens (tertiary/aromatic N) is 2. The maximum Gasteiger partial charge on any atom is 0.349 e. The number of piperidine rings is 1. The van der Waals surface area contributed by atoms with Gasteiger partial charge >= 0.3 is 5.92 Å². The van der Waals surface area contributed by atoms with Gasteiger partial charge in [0.2, 0.25) is 19.8 Å².